The summed E-state index contributed by atoms with van der Waals surface area (Å²) in [6, 6.07) is 10.8. The monoisotopic (exact) mass is 456 g/mol. The molecule has 1 fully saturated rings. The Morgan fingerprint density at radius 1 is 1.10 bits per heavy atom. The number of carbonyl (C=O) groups excluding carboxylic acids is 2. The number of nitrogens with zero attached hydrogens (tertiary/aromatic N) is 1. The quantitative estimate of drug-likeness (QED) is 0.447. The van der Waals surface area contributed by atoms with E-state index in [1.807, 2.05) is 31.2 Å². The van der Waals surface area contributed by atoms with Crippen LogP contribution in [-0.4, -0.2) is 49.7 Å². The fraction of sp³-hybridized carbons (Fsp3) is 0.0952. The lowest BCUT2D eigenvalue weighted by Crippen LogP contribution is -2.36. The van der Waals surface area contributed by atoms with Gasteiger partial charge >= 0.3 is 11.9 Å². The summed E-state index contributed by atoms with van der Waals surface area (Å²) in [4.78, 5) is 49.1. The Morgan fingerprint density at radius 3 is 2.32 bits per heavy atom. The minimum absolute atomic E-state index is 0.0111. The Morgan fingerprint density at radius 2 is 1.74 bits per heavy atom. The summed E-state index contributed by atoms with van der Waals surface area (Å²) in [6.07, 6.45) is 1.69. The first-order valence-electron chi connectivity index (χ1n) is 8.87. The number of anilines is 1. The zero-order valence-electron chi connectivity index (χ0n) is 16.1. The smallest absolute Gasteiger partial charge is 0.335 e. The van der Waals surface area contributed by atoms with Crippen LogP contribution in [0.5, 0.6) is 0 Å². The van der Waals surface area contributed by atoms with Crippen LogP contribution in [0.25, 0.3) is 6.08 Å². The first kappa shape index (κ1) is 22.2. The van der Waals surface area contributed by atoms with Crippen LogP contribution in [0.4, 0.5) is 5.69 Å². The predicted molar refractivity (Wildman–Crippen MR) is 120 cm³/mol. The molecule has 10 heteroatoms. The van der Waals surface area contributed by atoms with E-state index in [0.717, 1.165) is 46.0 Å². The van der Waals surface area contributed by atoms with Gasteiger partial charge in [-0.2, -0.15) is 0 Å². The number of thioether (sulfide) groups is 1. The molecule has 0 saturated carbocycles. The Kier molecular flexibility index (Phi) is 6.52. The molecule has 3 rings (SSSR count). The van der Waals surface area contributed by atoms with Gasteiger partial charge in [0.1, 0.15) is 10.9 Å². The summed E-state index contributed by atoms with van der Waals surface area (Å²) in [5, 5.41) is 20.7. The van der Waals surface area contributed by atoms with Gasteiger partial charge in [-0.15, -0.1) is 0 Å². The van der Waals surface area contributed by atoms with Crippen molar-refractivity contribution in [2.75, 3.05) is 11.9 Å². The van der Waals surface area contributed by atoms with Crippen molar-refractivity contribution in [3.63, 3.8) is 0 Å². The zero-order valence-corrected chi connectivity index (χ0v) is 17.8. The Hall–Kier alpha value is -3.50. The number of carboxylic acids is 2. The number of nitrogens with one attached hydrogen (secondary N) is 1. The van der Waals surface area contributed by atoms with Gasteiger partial charge in [-0.3, -0.25) is 14.5 Å². The van der Waals surface area contributed by atoms with Crippen LogP contribution in [0, 0.1) is 6.92 Å². The van der Waals surface area contributed by atoms with Crippen LogP contribution in [0.15, 0.2) is 47.4 Å². The van der Waals surface area contributed by atoms with Crippen LogP contribution in [0.1, 0.15) is 31.8 Å². The third-order valence-electron chi connectivity index (χ3n) is 4.23. The minimum Gasteiger partial charge on any atom is -0.478 e. The lowest BCUT2D eigenvalue weighted by atomic mass is 10.1. The van der Waals surface area contributed by atoms with E-state index in [-0.39, 0.29) is 21.1 Å². The predicted octanol–water partition coefficient (Wildman–Crippen LogP) is 3.23. The molecule has 0 unspecified atom stereocenters. The van der Waals surface area contributed by atoms with Crippen LogP contribution in [-0.2, 0) is 9.59 Å². The molecule has 0 atom stereocenters. The molecule has 1 aliphatic rings. The summed E-state index contributed by atoms with van der Waals surface area (Å²) < 4.78 is 0.213. The summed E-state index contributed by atoms with van der Waals surface area (Å²) in [5.41, 5.74) is 1.27. The molecule has 158 valence electrons. The normalized spacial score (nSPS) is 14.7. The van der Waals surface area contributed by atoms with Crippen molar-refractivity contribution >= 4 is 63.8 Å². The molecule has 2 amide bonds. The van der Waals surface area contributed by atoms with Gasteiger partial charge in [-0.25, -0.2) is 9.59 Å². The van der Waals surface area contributed by atoms with E-state index in [1.165, 1.54) is 0 Å². The second-order valence-electron chi connectivity index (χ2n) is 6.64. The molecule has 2 aromatic carbocycles. The van der Waals surface area contributed by atoms with Crippen molar-refractivity contribution in [3.05, 3.63) is 69.6 Å². The molecular formula is C21H16N2O6S2. The molecule has 1 saturated heterocycles. The molecule has 31 heavy (non-hydrogen) atoms. The Labute approximate surface area is 186 Å². The van der Waals surface area contributed by atoms with Crippen LogP contribution in [0.2, 0.25) is 0 Å². The standard InChI is InChI=1S/C21H16N2O6S2/c1-11-3-2-4-12(5-11)6-16-18(25)23(21(30)31-16)10-17(24)22-15-8-13(19(26)27)7-14(9-15)20(28)29/h2-9H,10H2,1H3,(H,22,24)(H,26,27)(H,28,29)/b16-6-. The Balaban J connectivity index is 1.75. The lowest BCUT2D eigenvalue weighted by molar-refractivity contribution is -0.126. The fourth-order valence-corrected chi connectivity index (χ4v) is 4.09. The van der Waals surface area contributed by atoms with Crippen LogP contribution >= 0.6 is 24.0 Å². The van der Waals surface area contributed by atoms with Crippen LogP contribution in [0.3, 0.4) is 0 Å². The molecule has 0 aromatic heterocycles. The molecule has 8 nitrogen and oxygen atoms in total. The van der Waals surface area contributed by atoms with E-state index < -0.39 is 30.3 Å². The maximum atomic E-state index is 12.7. The SMILES string of the molecule is Cc1cccc(/C=C2\SC(=S)N(CC(=O)Nc3cc(C(=O)O)cc(C(=O)O)c3)C2=O)c1. The van der Waals surface area contributed by atoms with Gasteiger partial charge in [-0.05, 0) is 36.8 Å². The van der Waals surface area contributed by atoms with E-state index in [9.17, 15) is 19.2 Å². The molecule has 0 aliphatic carbocycles. The molecule has 1 aliphatic heterocycles. The number of rotatable bonds is 6. The highest BCUT2D eigenvalue weighted by atomic mass is 32.2. The van der Waals surface area contributed by atoms with Gasteiger partial charge in [0.15, 0.2) is 0 Å². The molecule has 2 aromatic rings. The Bertz CT molecular complexity index is 1130. The van der Waals surface area contributed by atoms with Crippen molar-refractivity contribution in [1.29, 1.82) is 0 Å². The lowest BCUT2D eigenvalue weighted by Gasteiger charge is -2.14. The van der Waals surface area contributed by atoms with E-state index in [4.69, 9.17) is 22.4 Å². The largest absolute Gasteiger partial charge is 0.478 e. The van der Waals surface area contributed by atoms with Crippen molar-refractivity contribution in [2.45, 2.75) is 6.92 Å². The first-order chi connectivity index (χ1) is 14.6. The molecule has 3 N–H and O–H groups in total. The number of aromatic carboxylic acids is 2. The van der Waals surface area contributed by atoms with Gasteiger partial charge in [0.25, 0.3) is 5.91 Å². The number of carboxylic acid groups (broad SMARTS) is 2. The van der Waals surface area contributed by atoms with E-state index in [2.05, 4.69) is 5.32 Å². The van der Waals surface area contributed by atoms with E-state index >= 15 is 0 Å². The maximum absolute atomic E-state index is 12.7. The van der Waals surface area contributed by atoms with Crippen molar-refractivity contribution in [2.24, 2.45) is 0 Å². The van der Waals surface area contributed by atoms with Gasteiger partial charge in [-0.1, -0.05) is 53.8 Å². The van der Waals surface area contributed by atoms with Crippen LogP contribution < -0.4 is 5.32 Å². The highest BCUT2D eigenvalue weighted by Gasteiger charge is 2.33. The second-order valence-corrected chi connectivity index (χ2v) is 8.32. The molecule has 0 bridgehead atoms. The number of hydrogen-bond acceptors (Lipinski definition) is 6. The number of aryl methyl sites for hydroxylation is 1. The molecule has 0 radical (unpaired) electrons. The number of amides is 2. The average Bonchev–Trinajstić information content (AvgIpc) is 2.95. The summed E-state index contributed by atoms with van der Waals surface area (Å²) in [5.74, 6) is -3.74. The third-order valence-corrected chi connectivity index (χ3v) is 5.60. The van der Waals surface area contributed by atoms with Gasteiger partial charge in [0.05, 0.1) is 16.0 Å². The summed E-state index contributed by atoms with van der Waals surface area (Å²) in [7, 11) is 0. The highest BCUT2D eigenvalue weighted by Crippen LogP contribution is 2.32. The van der Waals surface area contributed by atoms with Crippen molar-refractivity contribution < 1.29 is 29.4 Å². The average molecular weight is 457 g/mol. The fourth-order valence-electron chi connectivity index (χ4n) is 2.84. The highest BCUT2D eigenvalue weighted by molar-refractivity contribution is 8.26. The minimum atomic E-state index is -1.34. The number of carbonyl (C=O) groups is 4. The molecule has 1 heterocycles. The van der Waals surface area contributed by atoms with E-state index in [1.54, 1.807) is 6.08 Å². The summed E-state index contributed by atoms with van der Waals surface area (Å²) in [6.45, 7) is 1.54. The van der Waals surface area contributed by atoms with Gasteiger partial charge < -0.3 is 15.5 Å². The summed E-state index contributed by atoms with van der Waals surface area (Å²) >= 11 is 6.30. The second kappa shape index (κ2) is 9.11. The number of hydrogen-bond donors (Lipinski definition) is 3. The first-order valence-corrected chi connectivity index (χ1v) is 10.1. The third kappa shape index (κ3) is 5.36. The molecule has 0 spiro atoms. The van der Waals surface area contributed by atoms with Gasteiger partial charge in [0.2, 0.25) is 5.91 Å². The zero-order chi connectivity index (χ0) is 22.7. The van der Waals surface area contributed by atoms with Gasteiger partial charge in [0, 0.05) is 5.69 Å². The van der Waals surface area contributed by atoms with E-state index in [0.29, 0.717) is 4.91 Å². The van der Waals surface area contributed by atoms with Crippen molar-refractivity contribution in [3.8, 4) is 0 Å². The number of benzene rings is 2. The van der Waals surface area contributed by atoms with Crippen molar-refractivity contribution in [1.82, 2.24) is 4.90 Å². The number of thiocarbonyl (C=S) groups is 1. The molecular weight excluding hydrogens is 440 g/mol. The topological polar surface area (TPSA) is 124 Å². The maximum Gasteiger partial charge on any atom is 0.335 e.